The molecule has 0 atom stereocenters. The van der Waals surface area contributed by atoms with E-state index in [1.54, 1.807) is 0 Å². The highest BCUT2D eigenvalue weighted by molar-refractivity contribution is 5.66. The summed E-state index contributed by atoms with van der Waals surface area (Å²) in [5, 5.41) is 8.61. The SMILES string of the molecule is CC(C)=C(C)c1ccc(C#N)cc1. The van der Waals surface area contributed by atoms with Crippen molar-refractivity contribution in [3.05, 3.63) is 41.0 Å². The zero-order valence-corrected chi connectivity index (χ0v) is 8.26. The molecule has 0 fully saturated rings. The van der Waals surface area contributed by atoms with Gasteiger partial charge < -0.3 is 0 Å². The molecule has 0 unspecified atom stereocenters. The summed E-state index contributed by atoms with van der Waals surface area (Å²) in [5.74, 6) is 0. The van der Waals surface area contributed by atoms with Crippen LogP contribution in [0.4, 0.5) is 0 Å². The summed E-state index contributed by atoms with van der Waals surface area (Å²) in [5.41, 5.74) is 4.50. The van der Waals surface area contributed by atoms with Crippen LogP contribution in [0.5, 0.6) is 0 Å². The molecule has 0 aliphatic carbocycles. The third kappa shape index (κ3) is 2.19. The first-order valence-electron chi connectivity index (χ1n) is 4.29. The third-order valence-electron chi connectivity index (χ3n) is 2.20. The molecule has 1 nitrogen and oxygen atoms in total. The van der Waals surface area contributed by atoms with Crippen molar-refractivity contribution in [2.24, 2.45) is 0 Å². The number of allylic oxidation sites excluding steroid dienone is 2. The molecule has 1 rings (SSSR count). The first-order chi connectivity index (χ1) is 6.15. The molecule has 0 saturated carbocycles. The quantitative estimate of drug-likeness (QED) is 0.635. The Morgan fingerprint density at radius 1 is 1.08 bits per heavy atom. The highest BCUT2D eigenvalue weighted by Crippen LogP contribution is 2.17. The van der Waals surface area contributed by atoms with Crippen molar-refractivity contribution in [1.29, 1.82) is 5.26 Å². The van der Waals surface area contributed by atoms with E-state index in [9.17, 15) is 0 Å². The van der Waals surface area contributed by atoms with Gasteiger partial charge in [0.05, 0.1) is 11.6 Å². The van der Waals surface area contributed by atoms with Gasteiger partial charge in [0.25, 0.3) is 0 Å². The number of nitrogens with zero attached hydrogens (tertiary/aromatic N) is 1. The fraction of sp³-hybridized carbons (Fsp3) is 0.250. The van der Waals surface area contributed by atoms with E-state index in [0.29, 0.717) is 5.56 Å². The van der Waals surface area contributed by atoms with Gasteiger partial charge in [0, 0.05) is 0 Å². The second-order valence-electron chi connectivity index (χ2n) is 3.31. The van der Waals surface area contributed by atoms with Crippen molar-refractivity contribution in [1.82, 2.24) is 0 Å². The van der Waals surface area contributed by atoms with Crippen molar-refractivity contribution >= 4 is 5.57 Å². The van der Waals surface area contributed by atoms with E-state index >= 15 is 0 Å². The van der Waals surface area contributed by atoms with Crippen LogP contribution in [0.2, 0.25) is 0 Å². The summed E-state index contributed by atoms with van der Waals surface area (Å²) < 4.78 is 0. The van der Waals surface area contributed by atoms with Crippen molar-refractivity contribution < 1.29 is 0 Å². The molecular formula is C12H13N. The Balaban J connectivity index is 3.08. The van der Waals surface area contributed by atoms with Crippen molar-refractivity contribution in [3.63, 3.8) is 0 Å². The molecule has 0 aliphatic rings. The summed E-state index contributed by atoms with van der Waals surface area (Å²) in [7, 11) is 0. The number of hydrogen-bond acceptors (Lipinski definition) is 1. The van der Waals surface area contributed by atoms with Crippen LogP contribution in [0, 0.1) is 11.3 Å². The first-order valence-corrected chi connectivity index (χ1v) is 4.29. The molecule has 0 aliphatic heterocycles. The largest absolute Gasteiger partial charge is 0.192 e. The second kappa shape index (κ2) is 3.91. The van der Waals surface area contributed by atoms with Crippen LogP contribution in [0.3, 0.4) is 0 Å². The lowest BCUT2D eigenvalue weighted by molar-refractivity contribution is 1.36. The van der Waals surface area contributed by atoms with Gasteiger partial charge in [-0.05, 0) is 44.0 Å². The summed E-state index contributed by atoms with van der Waals surface area (Å²) in [4.78, 5) is 0. The van der Waals surface area contributed by atoms with E-state index in [4.69, 9.17) is 5.26 Å². The van der Waals surface area contributed by atoms with Gasteiger partial charge in [-0.15, -0.1) is 0 Å². The van der Waals surface area contributed by atoms with Gasteiger partial charge in [0.1, 0.15) is 0 Å². The van der Waals surface area contributed by atoms with E-state index in [1.165, 1.54) is 16.7 Å². The van der Waals surface area contributed by atoms with Crippen molar-refractivity contribution in [2.45, 2.75) is 20.8 Å². The Morgan fingerprint density at radius 3 is 2.00 bits per heavy atom. The third-order valence-corrected chi connectivity index (χ3v) is 2.20. The lowest BCUT2D eigenvalue weighted by Gasteiger charge is -2.03. The van der Waals surface area contributed by atoms with Gasteiger partial charge >= 0.3 is 0 Å². The van der Waals surface area contributed by atoms with E-state index in [0.717, 1.165) is 0 Å². The zero-order chi connectivity index (χ0) is 9.84. The lowest BCUT2D eigenvalue weighted by Crippen LogP contribution is -1.82. The predicted molar refractivity (Wildman–Crippen MR) is 55.1 cm³/mol. The number of hydrogen-bond donors (Lipinski definition) is 0. The molecule has 0 saturated heterocycles. The molecule has 0 spiro atoms. The molecule has 66 valence electrons. The Morgan fingerprint density at radius 2 is 1.62 bits per heavy atom. The van der Waals surface area contributed by atoms with E-state index < -0.39 is 0 Å². The summed E-state index contributed by atoms with van der Waals surface area (Å²) in [6, 6.07) is 9.78. The van der Waals surface area contributed by atoms with Crippen LogP contribution >= 0.6 is 0 Å². The molecule has 0 heterocycles. The molecule has 13 heavy (non-hydrogen) atoms. The average molecular weight is 171 g/mol. The molecule has 1 heteroatoms. The molecule has 0 bridgehead atoms. The van der Waals surface area contributed by atoms with Crippen LogP contribution in [-0.2, 0) is 0 Å². The maximum absolute atomic E-state index is 8.61. The number of rotatable bonds is 1. The Bertz CT molecular complexity index is 359. The highest BCUT2D eigenvalue weighted by Gasteiger charge is 1.97. The molecule has 0 radical (unpaired) electrons. The zero-order valence-electron chi connectivity index (χ0n) is 8.26. The van der Waals surface area contributed by atoms with Crippen molar-refractivity contribution in [2.75, 3.05) is 0 Å². The Kier molecular flexibility index (Phi) is 2.87. The predicted octanol–water partition coefficient (Wildman–Crippen LogP) is 3.37. The van der Waals surface area contributed by atoms with Crippen molar-refractivity contribution in [3.8, 4) is 6.07 Å². The van der Waals surface area contributed by atoms with Gasteiger partial charge in [-0.2, -0.15) is 5.26 Å². The molecule has 0 aromatic heterocycles. The standard InChI is InChI=1S/C12H13N/c1-9(2)10(3)12-6-4-11(8-13)5-7-12/h4-7H,1-3H3. The summed E-state index contributed by atoms with van der Waals surface area (Å²) in [6.07, 6.45) is 0. The molecule has 1 aromatic rings. The van der Waals surface area contributed by atoms with Gasteiger partial charge in [0.2, 0.25) is 0 Å². The maximum atomic E-state index is 8.61. The first kappa shape index (κ1) is 9.54. The van der Waals surface area contributed by atoms with Crippen LogP contribution in [0.15, 0.2) is 29.8 Å². The van der Waals surface area contributed by atoms with Crippen LogP contribution in [0.25, 0.3) is 5.57 Å². The molecular weight excluding hydrogens is 158 g/mol. The Hall–Kier alpha value is -1.55. The average Bonchev–Trinajstić information content (AvgIpc) is 2.17. The highest BCUT2D eigenvalue weighted by atomic mass is 14.2. The minimum atomic E-state index is 0.713. The molecule has 0 amide bonds. The van der Waals surface area contributed by atoms with E-state index in [-0.39, 0.29) is 0 Å². The Labute approximate surface area is 79.3 Å². The molecule has 1 aromatic carbocycles. The van der Waals surface area contributed by atoms with Crippen LogP contribution in [-0.4, -0.2) is 0 Å². The summed E-state index contributed by atoms with van der Waals surface area (Å²) >= 11 is 0. The van der Waals surface area contributed by atoms with Crippen LogP contribution < -0.4 is 0 Å². The smallest absolute Gasteiger partial charge is 0.0991 e. The number of nitriles is 1. The molecule has 0 N–H and O–H groups in total. The lowest BCUT2D eigenvalue weighted by atomic mass is 10.0. The van der Waals surface area contributed by atoms with Crippen LogP contribution in [0.1, 0.15) is 31.9 Å². The normalized spacial score (nSPS) is 9.08. The van der Waals surface area contributed by atoms with Gasteiger partial charge in [-0.1, -0.05) is 17.7 Å². The van der Waals surface area contributed by atoms with Gasteiger partial charge in [-0.25, -0.2) is 0 Å². The second-order valence-corrected chi connectivity index (χ2v) is 3.31. The van der Waals surface area contributed by atoms with Gasteiger partial charge in [-0.3, -0.25) is 0 Å². The summed E-state index contributed by atoms with van der Waals surface area (Å²) in [6.45, 7) is 6.28. The number of benzene rings is 1. The fourth-order valence-electron chi connectivity index (χ4n) is 1.08. The van der Waals surface area contributed by atoms with E-state index in [2.05, 4.69) is 26.8 Å². The maximum Gasteiger partial charge on any atom is 0.0991 e. The van der Waals surface area contributed by atoms with E-state index in [1.807, 2.05) is 24.3 Å². The topological polar surface area (TPSA) is 23.8 Å². The fourth-order valence-corrected chi connectivity index (χ4v) is 1.08. The van der Waals surface area contributed by atoms with Gasteiger partial charge in [0.15, 0.2) is 0 Å². The minimum absolute atomic E-state index is 0.713. The monoisotopic (exact) mass is 171 g/mol. The minimum Gasteiger partial charge on any atom is -0.192 e.